The molecule has 0 aliphatic heterocycles. The molecule has 94 valence electrons. The van der Waals surface area contributed by atoms with Crippen molar-refractivity contribution in [3.63, 3.8) is 0 Å². The van der Waals surface area contributed by atoms with Crippen molar-refractivity contribution in [1.29, 1.82) is 0 Å². The Bertz CT molecular complexity index is 249. The van der Waals surface area contributed by atoms with Gasteiger partial charge >= 0.3 is 12.2 Å². The van der Waals surface area contributed by atoms with Crippen LogP contribution in [-0.2, 0) is 4.74 Å². The molecule has 0 aliphatic rings. The first-order chi connectivity index (χ1) is 7.24. The van der Waals surface area contributed by atoms with Crippen molar-refractivity contribution in [3.05, 3.63) is 0 Å². The number of ether oxygens (including phenoxy) is 1. The maximum atomic E-state index is 11.2. The van der Waals surface area contributed by atoms with E-state index in [9.17, 15) is 9.59 Å². The molecule has 0 aromatic rings. The van der Waals surface area contributed by atoms with Crippen LogP contribution in [0.1, 0.15) is 20.8 Å². The quantitative estimate of drug-likeness (QED) is 0.553. The Morgan fingerprint density at radius 2 is 1.94 bits per heavy atom. The van der Waals surface area contributed by atoms with Crippen molar-refractivity contribution in [2.75, 3.05) is 13.2 Å². The van der Waals surface area contributed by atoms with Gasteiger partial charge in [0.2, 0.25) is 0 Å². The number of aliphatic hydroxyl groups is 1. The van der Waals surface area contributed by atoms with Crippen LogP contribution in [0.5, 0.6) is 0 Å². The molecule has 1 unspecified atom stereocenters. The minimum atomic E-state index is -1.26. The monoisotopic (exact) mass is 234 g/mol. The van der Waals surface area contributed by atoms with E-state index >= 15 is 0 Å². The van der Waals surface area contributed by atoms with Gasteiger partial charge in [-0.3, -0.25) is 0 Å². The first-order valence-corrected chi connectivity index (χ1v) is 4.82. The topological polar surface area (TPSA) is 108 Å². The van der Waals surface area contributed by atoms with Gasteiger partial charge in [0.15, 0.2) is 0 Å². The van der Waals surface area contributed by atoms with Crippen molar-refractivity contribution in [1.82, 2.24) is 10.6 Å². The number of hydrogen-bond acceptors (Lipinski definition) is 4. The van der Waals surface area contributed by atoms with Crippen LogP contribution in [0.15, 0.2) is 0 Å². The Hall–Kier alpha value is -1.50. The minimum Gasteiger partial charge on any atom is -0.465 e. The molecule has 2 amide bonds. The van der Waals surface area contributed by atoms with Crippen molar-refractivity contribution in [3.8, 4) is 0 Å². The van der Waals surface area contributed by atoms with E-state index in [1.165, 1.54) is 0 Å². The van der Waals surface area contributed by atoms with E-state index in [2.05, 4.69) is 5.32 Å². The highest BCUT2D eigenvalue weighted by atomic mass is 16.6. The van der Waals surface area contributed by atoms with Crippen LogP contribution in [0.3, 0.4) is 0 Å². The summed E-state index contributed by atoms with van der Waals surface area (Å²) in [7, 11) is 0. The molecular weight excluding hydrogens is 216 g/mol. The van der Waals surface area contributed by atoms with Crippen LogP contribution in [0.4, 0.5) is 9.59 Å². The lowest BCUT2D eigenvalue weighted by Crippen LogP contribution is -2.46. The summed E-state index contributed by atoms with van der Waals surface area (Å²) in [5, 5.41) is 21.6. The SMILES string of the molecule is CC(C)(C)OC(=O)NCC(CO)NC(=O)O. The van der Waals surface area contributed by atoms with Gasteiger partial charge in [0.25, 0.3) is 0 Å². The summed E-state index contributed by atoms with van der Waals surface area (Å²) < 4.78 is 4.93. The molecule has 0 rings (SSSR count). The first kappa shape index (κ1) is 14.5. The zero-order chi connectivity index (χ0) is 12.8. The second-order valence-electron chi connectivity index (χ2n) is 4.21. The van der Waals surface area contributed by atoms with E-state index in [1.54, 1.807) is 20.8 Å². The Morgan fingerprint density at radius 3 is 2.31 bits per heavy atom. The summed E-state index contributed by atoms with van der Waals surface area (Å²) in [4.78, 5) is 21.5. The molecule has 0 aromatic heterocycles. The summed E-state index contributed by atoms with van der Waals surface area (Å²) in [6, 6.07) is -0.745. The summed E-state index contributed by atoms with van der Waals surface area (Å²) in [6.07, 6.45) is -1.91. The van der Waals surface area contributed by atoms with Crippen LogP contribution >= 0.6 is 0 Å². The van der Waals surface area contributed by atoms with E-state index in [0.29, 0.717) is 0 Å². The van der Waals surface area contributed by atoms with Crippen LogP contribution < -0.4 is 10.6 Å². The van der Waals surface area contributed by atoms with E-state index < -0.39 is 30.4 Å². The van der Waals surface area contributed by atoms with Gasteiger partial charge in [-0.05, 0) is 20.8 Å². The van der Waals surface area contributed by atoms with Gasteiger partial charge in [-0.1, -0.05) is 0 Å². The second-order valence-corrected chi connectivity index (χ2v) is 4.21. The van der Waals surface area contributed by atoms with E-state index in [-0.39, 0.29) is 6.54 Å². The lowest BCUT2D eigenvalue weighted by molar-refractivity contribution is 0.0517. The molecule has 7 nitrogen and oxygen atoms in total. The molecule has 0 saturated heterocycles. The normalized spacial score (nSPS) is 12.8. The van der Waals surface area contributed by atoms with Crippen LogP contribution in [0.2, 0.25) is 0 Å². The number of aliphatic hydroxyl groups excluding tert-OH is 1. The third kappa shape index (κ3) is 7.86. The first-order valence-electron chi connectivity index (χ1n) is 4.82. The molecule has 1 atom stereocenters. The standard InChI is InChI=1S/C9H18N2O5/c1-9(2,3)16-8(15)10-4-6(5-12)11-7(13)14/h6,11-12H,4-5H2,1-3H3,(H,10,15)(H,13,14). The maximum Gasteiger partial charge on any atom is 0.407 e. The molecule has 4 N–H and O–H groups in total. The lowest BCUT2D eigenvalue weighted by Gasteiger charge is -2.21. The van der Waals surface area contributed by atoms with Gasteiger partial charge in [0.1, 0.15) is 5.60 Å². The lowest BCUT2D eigenvalue weighted by atomic mass is 10.2. The smallest absolute Gasteiger partial charge is 0.407 e. The number of nitrogens with one attached hydrogen (secondary N) is 2. The van der Waals surface area contributed by atoms with Gasteiger partial charge in [0.05, 0.1) is 12.6 Å². The van der Waals surface area contributed by atoms with E-state index in [0.717, 1.165) is 0 Å². The number of alkyl carbamates (subject to hydrolysis) is 1. The molecule has 0 heterocycles. The van der Waals surface area contributed by atoms with Gasteiger partial charge in [-0.15, -0.1) is 0 Å². The molecule has 7 heteroatoms. The highest BCUT2D eigenvalue weighted by Gasteiger charge is 2.17. The third-order valence-electron chi connectivity index (χ3n) is 1.44. The van der Waals surface area contributed by atoms with Gasteiger partial charge in [-0.25, -0.2) is 9.59 Å². The number of rotatable bonds is 4. The Morgan fingerprint density at radius 1 is 1.38 bits per heavy atom. The highest BCUT2D eigenvalue weighted by Crippen LogP contribution is 2.06. The maximum absolute atomic E-state index is 11.2. The Balaban J connectivity index is 3.93. The van der Waals surface area contributed by atoms with Gasteiger partial charge in [-0.2, -0.15) is 0 Å². The molecule has 0 radical (unpaired) electrons. The Kier molecular flexibility index (Phi) is 5.59. The summed E-state index contributed by atoms with van der Waals surface area (Å²) in [5.41, 5.74) is -0.612. The summed E-state index contributed by atoms with van der Waals surface area (Å²) >= 11 is 0. The fourth-order valence-corrected chi connectivity index (χ4v) is 0.857. The number of carboxylic acid groups (broad SMARTS) is 1. The molecule has 0 aliphatic carbocycles. The largest absolute Gasteiger partial charge is 0.465 e. The van der Waals surface area contributed by atoms with Crippen LogP contribution in [0, 0.1) is 0 Å². The fourth-order valence-electron chi connectivity index (χ4n) is 0.857. The van der Waals surface area contributed by atoms with Crippen LogP contribution in [-0.4, -0.2) is 47.2 Å². The Labute approximate surface area is 93.8 Å². The molecule has 0 bridgehead atoms. The minimum absolute atomic E-state index is 0.0300. The number of carbonyl (C=O) groups excluding carboxylic acids is 1. The average Bonchev–Trinajstić information content (AvgIpc) is 2.08. The van der Waals surface area contributed by atoms with Gasteiger partial charge < -0.3 is 25.6 Å². The van der Waals surface area contributed by atoms with Crippen LogP contribution in [0.25, 0.3) is 0 Å². The molecule has 0 aromatic carbocycles. The fraction of sp³-hybridized carbons (Fsp3) is 0.778. The van der Waals surface area contributed by atoms with Crippen molar-refractivity contribution in [2.24, 2.45) is 0 Å². The molecular formula is C9H18N2O5. The van der Waals surface area contributed by atoms with Crippen molar-refractivity contribution in [2.45, 2.75) is 32.4 Å². The summed E-state index contributed by atoms with van der Waals surface area (Å²) in [5.74, 6) is 0. The molecule has 16 heavy (non-hydrogen) atoms. The molecule has 0 saturated carbocycles. The molecule has 0 fully saturated rings. The summed E-state index contributed by atoms with van der Waals surface area (Å²) in [6.45, 7) is 4.71. The number of amides is 2. The molecule has 0 spiro atoms. The third-order valence-corrected chi connectivity index (χ3v) is 1.44. The number of hydrogen-bond donors (Lipinski definition) is 4. The zero-order valence-electron chi connectivity index (χ0n) is 9.61. The second kappa shape index (κ2) is 6.16. The van der Waals surface area contributed by atoms with Gasteiger partial charge in [0, 0.05) is 6.54 Å². The van der Waals surface area contributed by atoms with E-state index in [1.807, 2.05) is 5.32 Å². The predicted octanol–water partition coefficient (Wildman–Crippen LogP) is 0.140. The zero-order valence-corrected chi connectivity index (χ0v) is 9.61. The van der Waals surface area contributed by atoms with Crippen molar-refractivity contribution < 1.29 is 24.5 Å². The highest BCUT2D eigenvalue weighted by molar-refractivity contribution is 5.68. The van der Waals surface area contributed by atoms with E-state index in [4.69, 9.17) is 14.9 Å². The van der Waals surface area contributed by atoms with Crippen molar-refractivity contribution >= 4 is 12.2 Å². The number of carbonyl (C=O) groups is 2. The predicted molar refractivity (Wildman–Crippen MR) is 56.3 cm³/mol. The average molecular weight is 234 g/mol.